The molecule has 4 nitrogen and oxygen atoms in total. The molecule has 0 bridgehead atoms. The van der Waals surface area contributed by atoms with Gasteiger partial charge in [-0.15, -0.1) is 0 Å². The lowest BCUT2D eigenvalue weighted by Gasteiger charge is -2.28. The molecule has 1 aliphatic heterocycles. The van der Waals surface area contributed by atoms with Gasteiger partial charge in [0, 0.05) is 17.0 Å². The van der Waals surface area contributed by atoms with Crippen LogP contribution in [0.5, 0.6) is 0 Å². The number of likely N-dealkylation sites (tertiary alicyclic amines) is 1. The van der Waals surface area contributed by atoms with E-state index in [1.54, 1.807) is 0 Å². The summed E-state index contributed by atoms with van der Waals surface area (Å²) < 4.78 is 13.6. The Morgan fingerprint density at radius 2 is 2.17 bits per heavy atom. The van der Waals surface area contributed by atoms with Crippen LogP contribution in [0.4, 0.5) is 4.39 Å². The summed E-state index contributed by atoms with van der Waals surface area (Å²) in [4.78, 5) is 24.4. The van der Waals surface area contributed by atoms with Crippen LogP contribution in [0.1, 0.15) is 18.4 Å². The minimum Gasteiger partial charge on any atom is -0.320 e. The molecular weight excluding hydrogens is 259 g/mol. The largest absolute Gasteiger partial charge is 0.320 e. The molecule has 96 valence electrons. The lowest BCUT2D eigenvalue weighted by Crippen LogP contribution is -2.50. The van der Waals surface area contributed by atoms with Gasteiger partial charge in [-0.2, -0.15) is 0 Å². The van der Waals surface area contributed by atoms with E-state index in [0.29, 0.717) is 6.42 Å². The van der Waals surface area contributed by atoms with Crippen LogP contribution in [0.2, 0.25) is 5.02 Å². The van der Waals surface area contributed by atoms with E-state index in [2.05, 4.69) is 0 Å². The number of nitrogens with two attached hydrogens (primary N) is 1. The highest BCUT2D eigenvalue weighted by Crippen LogP contribution is 2.19. The molecular formula is C12H12ClFN2O2. The number of hydrogen-bond acceptors (Lipinski definition) is 3. The van der Waals surface area contributed by atoms with Gasteiger partial charge in [0.15, 0.2) is 0 Å². The number of piperidine rings is 1. The SMILES string of the molecule is NC1CCC(=O)N(Cc2ccc(Cl)cc2F)C1=O. The van der Waals surface area contributed by atoms with Gasteiger partial charge in [-0.3, -0.25) is 14.5 Å². The van der Waals surface area contributed by atoms with E-state index in [0.717, 1.165) is 11.0 Å². The third-order valence-electron chi connectivity index (χ3n) is 2.90. The number of rotatable bonds is 2. The highest BCUT2D eigenvalue weighted by atomic mass is 35.5. The van der Waals surface area contributed by atoms with Crippen molar-refractivity contribution < 1.29 is 14.0 Å². The molecule has 6 heteroatoms. The first-order valence-corrected chi connectivity index (χ1v) is 5.90. The number of imide groups is 1. The summed E-state index contributed by atoms with van der Waals surface area (Å²) >= 11 is 5.63. The highest BCUT2D eigenvalue weighted by molar-refractivity contribution is 6.30. The summed E-state index contributed by atoms with van der Waals surface area (Å²) in [5.41, 5.74) is 5.83. The fraction of sp³-hybridized carbons (Fsp3) is 0.333. The Labute approximate surface area is 109 Å². The van der Waals surface area contributed by atoms with Crippen molar-refractivity contribution in [3.63, 3.8) is 0 Å². The number of amides is 2. The predicted molar refractivity (Wildman–Crippen MR) is 64.2 cm³/mol. The van der Waals surface area contributed by atoms with Gasteiger partial charge < -0.3 is 5.73 Å². The second-order valence-corrected chi connectivity index (χ2v) is 4.64. The van der Waals surface area contributed by atoms with Crippen molar-refractivity contribution in [2.75, 3.05) is 0 Å². The van der Waals surface area contributed by atoms with Crippen LogP contribution in [0.15, 0.2) is 18.2 Å². The number of benzene rings is 1. The van der Waals surface area contributed by atoms with Crippen LogP contribution >= 0.6 is 11.6 Å². The molecule has 0 spiro atoms. The number of hydrogen-bond donors (Lipinski definition) is 1. The summed E-state index contributed by atoms with van der Waals surface area (Å²) in [5, 5.41) is 0.268. The number of halogens is 2. The van der Waals surface area contributed by atoms with Crippen LogP contribution in [-0.2, 0) is 16.1 Å². The first-order valence-electron chi connectivity index (χ1n) is 5.53. The molecule has 2 rings (SSSR count). The molecule has 1 saturated heterocycles. The maximum Gasteiger partial charge on any atom is 0.246 e. The Morgan fingerprint density at radius 1 is 1.44 bits per heavy atom. The molecule has 1 atom stereocenters. The summed E-state index contributed by atoms with van der Waals surface area (Å²) in [5.74, 6) is -1.32. The smallest absolute Gasteiger partial charge is 0.246 e. The van der Waals surface area contributed by atoms with E-state index in [9.17, 15) is 14.0 Å². The summed E-state index contributed by atoms with van der Waals surface area (Å²) in [7, 11) is 0. The Balaban J connectivity index is 2.21. The Bertz CT molecular complexity index is 507. The zero-order valence-electron chi connectivity index (χ0n) is 9.53. The van der Waals surface area contributed by atoms with E-state index in [4.69, 9.17) is 17.3 Å². The average molecular weight is 271 g/mol. The summed E-state index contributed by atoms with van der Waals surface area (Å²) in [6, 6.07) is 3.44. The molecule has 1 heterocycles. The third-order valence-corrected chi connectivity index (χ3v) is 3.13. The maximum absolute atomic E-state index is 13.6. The average Bonchev–Trinajstić information content (AvgIpc) is 2.32. The molecule has 1 aromatic rings. The minimum atomic E-state index is -0.682. The van der Waals surface area contributed by atoms with Gasteiger partial charge in [0.05, 0.1) is 12.6 Å². The van der Waals surface area contributed by atoms with Crippen molar-refractivity contribution in [2.45, 2.75) is 25.4 Å². The molecule has 0 radical (unpaired) electrons. The molecule has 1 unspecified atom stereocenters. The van der Waals surface area contributed by atoms with Gasteiger partial charge in [0.25, 0.3) is 0 Å². The van der Waals surface area contributed by atoms with E-state index in [1.165, 1.54) is 12.1 Å². The topological polar surface area (TPSA) is 63.4 Å². The van der Waals surface area contributed by atoms with Gasteiger partial charge in [0.2, 0.25) is 11.8 Å². The van der Waals surface area contributed by atoms with Crippen molar-refractivity contribution in [2.24, 2.45) is 5.73 Å². The quantitative estimate of drug-likeness (QED) is 0.828. The lowest BCUT2D eigenvalue weighted by atomic mass is 10.0. The highest BCUT2D eigenvalue weighted by Gasteiger charge is 2.32. The monoisotopic (exact) mass is 270 g/mol. The van der Waals surface area contributed by atoms with E-state index in [-0.39, 0.29) is 29.5 Å². The van der Waals surface area contributed by atoms with Crippen molar-refractivity contribution in [1.82, 2.24) is 4.90 Å². The van der Waals surface area contributed by atoms with Crippen LogP contribution in [0.3, 0.4) is 0 Å². The van der Waals surface area contributed by atoms with E-state index < -0.39 is 17.8 Å². The van der Waals surface area contributed by atoms with Gasteiger partial charge in [-0.25, -0.2) is 4.39 Å². The second kappa shape index (κ2) is 5.04. The number of carbonyl (C=O) groups is 2. The molecule has 18 heavy (non-hydrogen) atoms. The van der Waals surface area contributed by atoms with Crippen LogP contribution < -0.4 is 5.73 Å². The second-order valence-electron chi connectivity index (χ2n) is 4.20. The van der Waals surface area contributed by atoms with Crippen molar-refractivity contribution in [1.29, 1.82) is 0 Å². The van der Waals surface area contributed by atoms with Crippen LogP contribution in [-0.4, -0.2) is 22.8 Å². The van der Waals surface area contributed by atoms with Crippen molar-refractivity contribution in [3.05, 3.63) is 34.6 Å². The third kappa shape index (κ3) is 2.52. The molecule has 2 amide bonds. The molecule has 0 aliphatic carbocycles. The minimum absolute atomic E-state index is 0.103. The van der Waals surface area contributed by atoms with E-state index in [1.807, 2.05) is 0 Å². The summed E-state index contributed by atoms with van der Waals surface area (Å²) in [6.07, 6.45) is 0.555. The number of carbonyl (C=O) groups excluding carboxylic acids is 2. The van der Waals surface area contributed by atoms with Crippen LogP contribution in [0, 0.1) is 5.82 Å². The Morgan fingerprint density at radius 3 is 2.83 bits per heavy atom. The zero-order chi connectivity index (χ0) is 13.3. The fourth-order valence-corrected chi connectivity index (χ4v) is 2.01. The van der Waals surface area contributed by atoms with E-state index >= 15 is 0 Å². The predicted octanol–water partition coefficient (Wildman–Crippen LogP) is 1.46. The van der Waals surface area contributed by atoms with Gasteiger partial charge in [-0.05, 0) is 18.6 Å². The maximum atomic E-state index is 13.6. The Hall–Kier alpha value is -1.46. The number of nitrogens with zero attached hydrogens (tertiary/aromatic N) is 1. The molecule has 0 saturated carbocycles. The molecule has 2 N–H and O–H groups in total. The molecule has 1 fully saturated rings. The Kier molecular flexibility index (Phi) is 3.63. The molecule has 1 aromatic carbocycles. The van der Waals surface area contributed by atoms with Gasteiger partial charge in [-0.1, -0.05) is 17.7 Å². The van der Waals surface area contributed by atoms with Crippen LogP contribution in [0.25, 0.3) is 0 Å². The van der Waals surface area contributed by atoms with Gasteiger partial charge >= 0.3 is 0 Å². The first-order chi connectivity index (χ1) is 8.49. The first kappa shape index (κ1) is 13.0. The fourth-order valence-electron chi connectivity index (χ4n) is 1.85. The molecule has 1 aliphatic rings. The standard InChI is InChI=1S/C12H12ClFN2O2/c13-8-2-1-7(9(14)5-8)6-16-11(17)4-3-10(15)12(16)18/h1-2,5,10H,3-4,6,15H2. The normalized spacial score (nSPS) is 20.4. The van der Waals surface area contributed by atoms with Gasteiger partial charge in [0.1, 0.15) is 5.82 Å². The molecule has 0 aromatic heterocycles. The van der Waals surface area contributed by atoms with Crippen molar-refractivity contribution in [3.8, 4) is 0 Å². The zero-order valence-corrected chi connectivity index (χ0v) is 10.3. The lowest BCUT2D eigenvalue weighted by molar-refractivity contribution is -0.149. The summed E-state index contributed by atoms with van der Waals surface area (Å²) in [6.45, 7) is -0.103. The van der Waals surface area contributed by atoms with Crippen molar-refractivity contribution >= 4 is 23.4 Å².